The molecule has 1 atom stereocenters. The number of rotatable bonds is 6. The largest absolute Gasteiger partial charge is 0.340 e. The van der Waals surface area contributed by atoms with Crippen LogP contribution in [0.1, 0.15) is 33.1 Å². The molecular weight excluding hydrogens is 448 g/mol. The zero-order valence-corrected chi connectivity index (χ0v) is 18.9. The third-order valence-electron chi connectivity index (χ3n) is 5.39. The fraction of sp³-hybridized carbons (Fsp3) is 0.167. The number of hydrogen-bond acceptors (Lipinski definition) is 4. The summed E-state index contributed by atoms with van der Waals surface area (Å²) in [4.78, 5) is 27.8. The summed E-state index contributed by atoms with van der Waals surface area (Å²) in [6, 6.07) is 19.4. The molecule has 0 unspecified atom stereocenters. The number of nitrogens with one attached hydrogen (secondary N) is 1. The van der Waals surface area contributed by atoms with Crippen molar-refractivity contribution >= 4 is 33.3 Å². The van der Waals surface area contributed by atoms with E-state index in [1.54, 1.807) is 60.7 Å². The number of sulfone groups is 1. The number of hydrogen-bond donors (Lipinski definition) is 1. The number of amides is 2. The van der Waals surface area contributed by atoms with Crippen molar-refractivity contribution in [3.05, 3.63) is 100 Å². The van der Waals surface area contributed by atoms with Crippen molar-refractivity contribution < 1.29 is 18.0 Å². The van der Waals surface area contributed by atoms with Crippen LogP contribution in [0.15, 0.2) is 77.7 Å². The molecule has 0 saturated heterocycles. The SMILES string of the molecule is Cc1ccc(S(=O)(=O)CNC(=O)[C@H]2c3ccccc3C(=O)N2Cc2ccc(Cl)cc2)cc1. The van der Waals surface area contributed by atoms with Crippen LogP contribution in [0.2, 0.25) is 5.02 Å². The summed E-state index contributed by atoms with van der Waals surface area (Å²) in [5.74, 6) is -1.39. The van der Waals surface area contributed by atoms with Gasteiger partial charge in [0.15, 0.2) is 9.84 Å². The minimum Gasteiger partial charge on any atom is -0.340 e. The van der Waals surface area contributed by atoms with Gasteiger partial charge in [-0.2, -0.15) is 0 Å². The van der Waals surface area contributed by atoms with Gasteiger partial charge in [-0.25, -0.2) is 8.42 Å². The first kappa shape index (κ1) is 22.0. The predicted octanol–water partition coefficient (Wildman–Crippen LogP) is 3.89. The van der Waals surface area contributed by atoms with Crippen LogP contribution in [0.5, 0.6) is 0 Å². The Morgan fingerprint density at radius 1 is 1.00 bits per heavy atom. The molecule has 1 aliphatic heterocycles. The van der Waals surface area contributed by atoms with Gasteiger partial charge in [-0.05, 0) is 48.4 Å². The predicted molar refractivity (Wildman–Crippen MR) is 122 cm³/mol. The molecule has 0 saturated carbocycles. The molecular formula is C24H21ClN2O4S. The van der Waals surface area contributed by atoms with E-state index in [9.17, 15) is 18.0 Å². The summed E-state index contributed by atoms with van der Waals surface area (Å²) in [6.07, 6.45) is 0. The van der Waals surface area contributed by atoms with Crippen LogP contribution in [-0.2, 0) is 21.2 Å². The molecule has 0 spiro atoms. The van der Waals surface area contributed by atoms with Gasteiger partial charge in [-0.1, -0.05) is 59.6 Å². The fourth-order valence-corrected chi connectivity index (χ4v) is 4.87. The van der Waals surface area contributed by atoms with Crippen molar-refractivity contribution in [2.75, 3.05) is 5.88 Å². The van der Waals surface area contributed by atoms with Gasteiger partial charge >= 0.3 is 0 Å². The van der Waals surface area contributed by atoms with Gasteiger partial charge in [0, 0.05) is 17.1 Å². The van der Waals surface area contributed by atoms with E-state index in [1.165, 1.54) is 17.0 Å². The summed E-state index contributed by atoms with van der Waals surface area (Å²) in [5, 5.41) is 3.09. The minimum absolute atomic E-state index is 0.129. The number of benzene rings is 3. The van der Waals surface area contributed by atoms with E-state index >= 15 is 0 Å². The van der Waals surface area contributed by atoms with Gasteiger partial charge in [-0.15, -0.1) is 0 Å². The standard InChI is InChI=1S/C24H21ClN2O4S/c1-16-6-12-19(13-7-16)32(30,31)15-26-23(28)22-20-4-2-3-5-21(20)24(29)27(22)14-17-8-10-18(25)11-9-17/h2-13,22H,14-15H2,1H3,(H,26,28)/t22-/m1/s1. The Kier molecular flexibility index (Phi) is 6.04. The molecule has 0 bridgehead atoms. The second kappa shape index (κ2) is 8.76. The number of nitrogens with zero attached hydrogens (tertiary/aromatic N) is 1. The maximum absolute atomic E-state index is 13.1. The Morgan fingerprint density at radius 3 is 2.34 bits per heavy atom. The summed E-state index contributed by atoms with van der Waals surface area (Å²) in [6.45, 7) is 2.05. The first-order valence-electron chi connectivity index (χ1n) is 9.98. The van der Waals surface area contributed by atoms with Gasteiger partial charge in [0.2, 0.25) is 5.91 Å². The lowest BCUT2D eigenvalue weighted by Gasteiger charge is -2.25. The van der Waals surface area contributed by atoms with Crippen LogP contribution in [0.3, 0.4) is 0 Å². The first-order chi connectivity index (χ1) is 15.3. The number of fused-ring (bicyclic) bond motifs is 1. The van der Waals surface area contributed by atoms with Crippen molar-refractivity contribution in [1.82, 2.24) is 10.2 Å². The topological polar surface area (TPSA) is 83.5 Å². The molecule has 1 aliphatic rings. The van der Waals surface area contributed by atoms with Gasteiger partial charge in [0.1, 0.15) is 11.9 Å². The number of carbonyl (C=O) groups excluding carboxylic acids is 2. The van der Waals surface area contributed by atoms with Crippen LogP contribution < -0.4 is 5.32 Å². The minimum atomic E-state index is -3.72. The van der Waals surface area contributed by atoms with Gasteiger partial charge in [-0.3, -0.25) is 9.59 Å². The summed E-state index contributed by atoms with van der Waals surface area (Å²) >= 11 is 5.95. The highest BCUT2D eigenvalue weighted by atomic mass is 35.5. The van der Waals surface area contributed by atoms with Crippen LogP contribution in [0.25, 0.3) is 0 Å². The lowest BCUT2D eigenvalue weighted by molar-refractivity contribution is -0.125. The number of carbonyl (C=O) groups is 2. The lowest BCUT2D eigenvalue weighted by atomic mass is 10.0. The highest BCUT2D eigenvalue weighted by molar-refractivity contribution is 7.91. The molecule has 164 valence electrons. The Bertz CT molecular complexity index is 1270. The molecule has 3 aromatic carbocycles. The quantitative estimate of drug-likeness (QED) is 0.594. The third kappa shape index (κ3) is 4.40. The maximum atomic E-state index is 13.1. The van der Waals surface area contributed by atoms with E-state index in [2.05, 4.69) is 5.32 Å². The smallest absolute Gasteiger partial charge is 0.255 e. The monoisotopic (exact) mass is 468 g/mol. The second-order valence-corrected chi connectivity index (χ2v) is 10.1. The van der Waals surface area contributed by atoms with Crippen molar-refractivity contribution in [1.29, 1.82) is 0 Å². The molecule has 0 radical (unpaired) electrons. The van der Waals surface area contributed by atoms with E-state index in [0.717, 1.165) is 11.1 Å². The van der Waals surface area contributed by atoms with E-state index in [-0.39, 0.29) is 17.3 Å². The van der Waals surface area contributed by atoms with Crippen LogP contribution >= 0.6 is 11.6 Å². The molecule has 1 heterocycles. The Labute approximate surface area is 191 Å². The van der Waals surface area contributed by atoms with Crippen molar-refractivity contribution in [3.8, 4) is 0 Å². The zero-order valence-electron chi connectivity index (χ0n) is 17.3. The van der Waals surface area contributed by atoms with E-state index in [0.29, 0.717) is 16.1 Å². The van der Waals surface area contributed by atoms with Crippen molar-refractivity contribution in [3.63, 3.8) is 0 Å². The Morgan fingerprint density at radius 2 is 1.66 bits per heavy atom. The van der Waals surface area contributed by atoms with Gasteiger partial charge < -0.3 is 10.2 Å². The number of aryl methyl sites for hydroxylation is 1. The van der Waals surface area contributed by atoms with E-state index in [1.807, 2.05) is 6.92 Å². The Hall–Kier alpha value is -3.16. The van der Waals surface area contributed by atoms with Crippen LogP contribution in [0, 0.1) is 6.92 Å². The molecule has 6 nitrogen and oxygen atoms in total. The average Bonchev–Trinajstić information content (AvgIpc) is 3.06. The zero-order chi connectivity index (χ0) is 22.9. The molecule has 1 N–H and O–H groups in total. The second-order valence-electron chi connectivity index (χ2n) is 7.66. The molecule has 8 heteroatoms. The van der Waals surface area contributed by atoms with E-state index < -0.39 is 27.7 Å². The maximum Gasteiger partial charge on any atom is 0.255 e. The first-order valence-corrected chi connectivity index (χ1v) is 12.0. The van der Waals surface area contributed by atoms with Gasteiger partial charge in [0.25, 0.3) is 5.91 Å². The highest BCUT2D eigenvalue weighted by Gasteiger charge is 2.41. The highest BCUT2D eigenvalue weighted by Crippen LogP contribution is 2.35. The lowest BCUT2D eigenvalue weighted by Crippen LogP contribution is -2.40. The van der Waals surface area contributed by atoms with Gasteiger partial charge in [0.05, 0.1) is 4.90 Å². The van der Waals surface area contributed by atoms with Crippen molar-refractivity contribution in [2.24, 2.45) is 0 Å². The van der Waals surface area contributed by atoms with E-state index in [4.69, 9.17) is 11.6 Å². The fourth-order valence-electron chi connectivity index (χ4n) is 3.69. The molecule has 4 rings (SSSR count). The van der Waals surface area contributed by atoms with Crippen LogP contribution in [-0.4, -0.2) is 31.0 Å². The number of halogens is 1. The van der Waals surface area contributed by atoms with Crippen LogP contribution in [0.4, 0.5) is 0 Å². The molecule has 32 heavy (non-hydrogen) atoms. The Balaban J connectivity index is 1.58. The summed E-state index contributed by atoms with van der Waals surface area (Å²) in [7, 11) is -3.72. The average molecular weight is 469 g/mol. The normalized spacial score (nSPS) is 15.5. The van der Waals surface area contributed by atoms with Crippen molar-refractivity contribution in [2.45, 2.75) is 24.4 Å². The summed E-state index contributed by atoms with van der Waals surface area (Å²) < 4.78 is 25.3. The third-order valence-corrected chi connectivity index (χ3v) is 7.16. The molecule has 0 aliphatic carbocycles. The molecule has 0 fully saturated rings. The molecule has 0 aromatic heterocycles. The molecule has 2 amide bonds. The molecule has 3 aromatic rings. The summed E-state index contributed by atoms with van der Waals surface area (Å²) in [5.41, 5.74) is 2.73.